The summed E-state index contributed by atoms with van der Waals surface area (Å²) in [6.07, 6.45) is 1.41. The highest BCUT2D eigenvalue weighted by Gasteiger charge is 2.21. The van der Waals surface area contributed by atoms with Gasteiger partial charge in [-0.25, -0.2) is 8.42 Å². The van der Waals surface area contributed by atoms with Gasteiger partial charge in [0, 0.05) is 13.6 Å². The predicted octanol–water partition coefficient (Wildman–Crippen LogP) is 1.42. The average Bonchev–Trinajstić information content (AvgIpc) is 2.95. The largest absolute Gasteiger partial charge is 0.492 e. The van der Waals surface area contributed by atoms with Crippen molar-refractivity contribution in [1.82, 2.24) is 14.5 Å². The third-order valence-electron chi connectivity index (χ3n) is 2.86. The van der Waals surface area contributed by atoms with Gasteiger partial charge in [-0.15, -0.1) is 0 Å². The van der Waals surface area contributed by atoms with Gasteiger partial charge in [-0.3, -0.25) is 5.10 Å². The van der Waals surface area contributed by atoms with Gasteiger partial charge in [0.25, 0.3) is 10.0 Å². The minimum Gasteiger partial charge on any atom is -0.492 e. The SMILES string of the molecule is Cc1ccc(OCCN(C)S(=O)(=O)c2ccn[nH]2)cc1. The van der Waals surface area contributed by atoms with Crippen molar-refractivity contribution in [3.63, 3.8) is 0 Å². The topological polar surface area (TPSA) is 75.3 Å². The Morgan fingerprint density at radius 1 is 1.25 bits per heavy atom. The summed E-state index contributed by atoms with van der Waals surface area (Å²) in [5.41, 5.74) is 1.15. The van der Waals surface area contributed by atoms with Gasteiger partial charge in [0.15, 0.2) is 5.03 Å². The number of likely N-dealkylation sites (N-methyl/N-ethyl adjacent to an activating group) is 1. The van der Waals surface area contributed by atoms with Crippen molar-refractivity contribution in [3.8, 4) is 5.75 Å². The zero-order valence-electron chi connectivity index (χ0n) is 11.4. The summed E-state index contributed by atoms with van der Waals surface area (Å²) in [4.78, 5) is 0. The van der Waals surface area contributed by atoms with Gasteiger partial charge >= 0.3 is 0 Å². The van der Waals surface area contributed by atoms with Crippen LogP contribution in [0.3, 0.4) is 0 Å². The molecule has 1 aromatic heterocycles. The van der Waals surface area contributed by atoms with E-state index in [-0.39, 0.29) is 18.2 Å². The molecule has 1 aromatic carbocycles. The maximum Gasteiger partial charge on any atom is 0.259 e. The van der Waals surface area contributed by atoms with Crippen LogP contribution in [-0.2, 0) is 10.0 Å². The zero-order valence-corrected chi connectivity index (χ0v) is 12.2. The summed E-state index contributed by atoms with van der Waals surface area (Å²) in [6, 6.07) is 9.03. The molecule has 2 aromatic rings. The number of aromatic amines is 1. The summed E-state index contributed by atoms with van der Waals surface area (Å²) in [7, 11) is -2.01. The van der Waals surface area contributed by atoms with Gasteiger partial charge in [-0.1, -0.05) is 17.7 Å². The van der Waals surface area contributed by atoms with E-state index in [4.69, 9.17) is 4.74 Å². The Bertz CT molecular complexity index is 636. The number of sulfonamides is 1. The Balaban J connectivity index is 1.89. The molecule has 0 unspecified atom stereocenters. The van der Waals surface area contributed by atoms with Crippen LogP contribution in [-0.4, -0.2) is 43.1 Å². The van der Waals surface area contributed by atoms with Crippen molar-refractivity contribution in [3.05, 3.63) is 42.1 Å². The molecular weight excluding hydrogens is 278 g/mol. The number of hydrogen-bond donors (Lipinski definition) is 1. The van der Waals surface area contributed by atoms with Crippen molar-refractivity contribution in [2.75, 3.05) is 20.2 Å². The number of nitrogens with zero attached hydrogens (tertiary/aromatic N) is 2. The van der Waals surface area contributed by atoms with Gasteiger partial charge in [0.2, 0.25) is 0 Å². The monoisotopic (exact) mass is 295 g/mol. The second-order valence-electron chi connectivity index (χ2n) is 4.41. The zero-order chi connectivity index (χ0) is 14.6. The lowest BCUT2D eigenvalue weighted by Crippen LogP contribution is -2.31. The number of hydrogen-bond acceptors (Lipinski definition) is 4. The highest BCUT2D eigenvalue weighted by molar-refractivity contribution is 7.89. The Labute approximate surface area is 118 Å². The number of nitrogens with one attached hydrogen (secondary N) is 1. The van der Waals surface area contributed by atoms with Crippen LogP contribution in [0, 0.1) is 6.92 Å². The molecule has 0 saturated carbocycles. The van der Waals surface area contributed by atoms with Gasteiger partial charge in [0.1, 0.15) is 12.4 Å². The van der Waals surface area contributed by atoms with Gasteiger partial charge < -0.3 is 4.74 Å². The molecule has 7 heteroatoms. The lowest BCUT2D eigenvalue weighted by Gasteiger charge is -2.16. The molecule has 20 heavy (non-hydrogen) atoms. The van der Waals surface area contributed by atoms with Gasteiger partial charge in [0.05, 0.1) is 6.20 Å². The Morgan fingerprint density at radius 3 is 2.55 bits per heavy atom. The minimum atomic E-state index is -3.52. The molecule has 0 bridgehead atoms. The Kier molecular flexibility index (Phi) is 4.41. The van der Waals surface area contributed by atoms with Crippen LogP contribution >= 0.6 is 0 Å². The summed E-state index contributed by atoms with van der Waals surface area (Å²) in [5, 5.41) is 6.18. The molecule has 108 valence electrons. The van der Waals surface area contributed by atoms with Crippen LogP contribution in [0.1, 0.15) is 5.56 Å². The Hall–Kier alpha value is -1.86. The first-order chi connectivity index (χ1) is 9.50. The standard InChI is InChI=1S/C13H17N3O3S/c1-11-3-5-12(6-4-11)19-10-9-16(2)20(17,18)13-7-8-14-15-13/h3-8H,9-10H2,1-2H3,(H,14,15). The van der Waals surface area contributed by atoms with Gasteiger partial charge in [-0.05, 0) is 25.1 Å². The Morgan fingerprint density at radius 2 is 1.95 bits per heavy atom. The molecule has 0 saturated heterocycles. The third-order valence-corrected chi connectivity index (χ3v) is 4.65. The van der Waals surface area contributed by atoms with Crippen LogP contribution in [0.2, 0.25) is 0 Å². The van der Waals surface area contributed by atoms with Crippen LogP contribution in [0.5, 0.6) is 5.75 Å². The van der Waals surface area contributed by atoms with E-state index in [0.29, 0.717) is 0 Å². The maximum atomic E-state index is 12.1. The van der Waals surface area contributed by atoms with Crippen molar-refractivity contribution < 1.29 is 13.2 Å². The van der Waals surface area contributed by atoms with Crippen LogP contribution in [0.4, 0.5) is 0 Å². The summed E-state index contributed by atoms with van der Waals surface area (Å²) >= 11 is 0. The number of ether oxygens (including phenoxy) is 1. The van der Waals surface area contributed by atoms with Gasteiger partial charge in [-0.2, -0.15) is 9.40 Å². The molecule has 1 heterocycles. The van der Waals surface area contributed by atoms with Crippen molar-refractivity contribution in [2.45, 2.75) is 11.9 Å². The molecule has 0 aliphatic rings. The van der Waals surface area contributed by atoms with E-state index in [2.05, 4.69) is 10.2 Å². The highest BCUT2D eigenvalue weighted by atomic mass is 32.2. The number of H-pyrrole nitrogens is 1. The third kappa shape index (κ3) is 3.37. The molecule has 0 aliphatic carbocycles. The number of benzene rings is 1. The van der Waals surface area contributed by atoms with Crippen LogP contribution in [0.25, 0.3) is 0 Å². The van der Waals surface area contributed by atoms with Crippen LogP contribution < -0.4 is 4.74 Å². The second kappa shape index (κ2) is 6.06. The fraction of sp³-hybridized carbons (Fsp3) is 0.308. The number of rotatable bonds is 6. The average molecular weight is 295 g/mol. The molecule has 6 nitrogen and oxygen atoms in total. The maximum absolute atomic E-state index is 12.1. The van der Waals surface area contributed by atoms with E-state index in [9.17, 15) is 8.42 Å². The molecule has 0 amide bonds. The lowest BCUT2D eigenvalue weighted by atomic mass is 10.2. The van der Waals surface area contributed by atoms with E-state index in [1.807, 2.05) is 31.2 Å². The van der Waals surface area contributed by atoms with E-state index < -0.39 is 10.0 Å². The van der Waals surface area contributed by atoms with Crippen LogP contribution in [0.15, 0.2) is 41.6 Å². The molecule has 1 N–H and O–H groups in total. The minimum absolute atomic E-state index is 0.0790. The molecule has 0 aliphatic heterocycles. The first kappa shape index (κ1) is 14.5. The normalized spacial score (nSPS) is 11.8. The molecular formula is C13H17N3O3S. The summed E-state index contributed by atoms with van der Waals surface area (Å²) in [5.74, 6) is 0.725. The fourth-order valence-electron chi connectivity index (χ4n) is 1.60. The molecule has 0 radical (unpaired) electrons. The van der Waals surface area contributed by atoms with E-state index in [1.54, 1.807) is 0 Å². The van der Waals surface area contributed by atoms with Crippen molar-refractivity contribution in [1.29, 1.82) is 0 Å². The molecule has 0 spiro atoms. The van der Waals surface area contributed by atoms with E-state index >= 15 is 0 Å². The number of aryl methyl sites for hydroxylation is 1. The summed E-state index contributed by atoms with van der Waals surface area (Å²) < 4.78 is 30.9. The molecule has 2 rings (SSSR count). The van der Waals surface area contributed by atoms with Crippen molar-refractivity contribution >= 4 is 10.0 Å². The highest BCUT2D eigenvalue weighted by Crippen LogP contribution is 2.13. The quantitative estimate of drug-likeness (QED) is 0.874. The summed E-state index contributed by atoms with van der Waals surface area (Å²) in [6.45, 7) is 2.54. The lowest BCUT2D eigenvalue weighted by molar-refractivity contribution is 0.286. The van der Waals surface area contributed by atoms with E-state index in [1.165, 1.54) is 23.6 Å². The fourth-order valence-corrected chi connectivity index (χ4v) is 2.65. The predicted molar refractivity (Wildman–Crippen MR) is 75.1 cm³/mol. The van der Waals surface area contributed by atoms with E-state index in [0.717, 1.165) is 11.3 Å². The smallest absolute Gasteiger partial charge is 0.259 e. The molecule has 0 atom stereocenters. The first-order valence-electron chi connectivity index (χ1n) is 6.15. The first-order valence-corrected chi connectivity index (χ1v) is 7.59. The second-order valence-corrected chi connectivity index (χ2v) is 6.42. The van der Waals surface area contributed by atoms with Crippen molar-refractivity contribution in [2.24, 2.45) is 0 Å². The molecule has 0 fully saturated rings. The number of aromatic nitrogens is 2.